The van der Waals surface area contributed by atoms with Gasteiger partial charge in [0.25, 0.3) is 5.91 Å². The molecule has 158 valence electrons. The molecule has 0 spiro atoms. The lowest BCUT2D eigenvalue weighted by Crippen LogP contribution is -2.47. The van der Waals surface area contributed by atoms with Crippen molar-refractivity contribution in [3.05, 3.63) is 76.3 Å². The molecule has 3 rings (SSSR count). The number of piperazine rings is 1. The zero-order valence-electron chi connectivity index (χ0n) is 16.9. The summed E-state index contributed by atoms with van der Waals surface area (Å²) in [5, 5.41) is 0. The first-order valence-corrected chi connectivity index (χ1v) is 10.9. The van der Waals surface area contributed by atoms with E-state index in [2.05, 4.69) is 60.8 Å². The van der Waals surface area contributed by atoms with E-state index in [1.165, 1.54) is 11.6 Å². The highest BCUT2D eigenvalue weighted by atomic mass is 79.9. The predicted octanol–water partition coefficient (Wildman–Crippen LogP) is 2.82. The van der Waals surface area contributed by atoms with E-state index in [1.54, 1.807) is 6.08 Å². The lowest BCUT2D eigenvalue weighted by atomic mass is 10.2. The second kappa shape index (κ2) is 11.6. The number of amides is 2. The van der Waals surface area contributed by atoms with Crippen LogP contribution in [0, 0.1) is 0 Å². The van der Waals surface area contributed by atoms with Crippen LogP contribution in [0.25, 0.3) is 6.08 Å². The minimum atomic E-state index is -0.363. The van der Waals surface area contributed by atoms with Crippen LogP contribution in [0.15, 0.2) is 65.1 Å². The van der Waals surface area contributed by atoms with Gasteiger partial charge in [-0.3, -0.25) is 25.3 Å². The number of hydrazine groups is 1. The Bertz CT molecular complexity index is 865. The van der Waals surface area contributed by atoms with E-state index >= 15 is 0 Å². The van der Waals surface area contributed by atoms with Crippen molar-refractivity contribution < 1.29 is 9.59 Å². The van der Waals surface area contributed by atoms with Crippen molar-refractivity contribution in [1.82, 2.24) is 20.7 Å². The fourth-order valence-electron chi connectivity index (χ4n) is 3.29. The first kappa shape index (κ1) is 22.2. The van der Waals surface area contributed by atoms with Crippen LogP contribution in [0.4, 0.5) is 0 Å². The van der Waals surface area contributed by atoms with Gasteiger partial charge in [-0.05, 0) is 29.3 Å². The van der Waals surface area contributed by atoms with Crippen LogP contribution < -0.4 is 10.9 Å². The summed E-state index contributed by atoms with van der Waals surface area (Å²) in [5.74, 6) is -0.552. The number of carbonyl (C=O) groups is 2. The maximum atomic E-state index is 12.0. The number of hydrogen-bond acceptors (Lipinski definition) is 4. The quantitative estimate of drug-likeness (QED) is 0.482. The number of halogens is 1. The molecule has 7 heteroatoms. The molecule has 1 aliphatic heterocycles. The highest BCUT2D eigenvalue weighted by Crippen LogP contribution is 2.12. The molecular formula is C23H27BrN4O2. The molecule has 0 aliphatic carbocycles. The summed E-state index contributed by atoms with van der Waals surface area (Å²) in [4.78, 5) is 28.6. The second-order valence-corrected chi connectivity index (χ2v) is 8.19. The van der Waals surface area contributed by atoms with Crippen LogP contribution in [-0.4, -0.2) is 54.3 Å². The fraction of sp³-hybridized carbons (Fsp3) is 0.304. The highest BCUT2D eigenvalue weighted by molar-refractivity contribution is 9.10. The monoisotopic (exact) mass is 470 g/mol. The summed E-state index contributed by atoms with van der Waals surface area (Å²) in [7, 11) is 0. The van der Waals surface area contributed by atoms with Gasteiger partial charge >= 0.3 is 0 Å². The average molecular weight is 471 g/mol. The molecule has 1 fully saturated rings. The van der Waals surface area contributed by atoms with Gasteiger partial charge in [-0.15, -0.1) is 0 Å². The summed E-state index contributed by atoms with van der Waals surface area (Å²) >= 11 is 3.39. The first-order valence-electron chi connectivity index (χ1n) is 10.1. The van der Waals surface area contributed by atoms with Gasteiger partial charge in [0, 0.05) is 56.2 Å². The highest BCUT2D eigenvalue weighted by Gasteiger charge is 2.17. The number of rotatable bonds is 7. The van der Waals surface area contributed by atoms with E-state index < -0.39 is 0 Å². The van der Waals surface area contributed by atoms with E-state index in [-0.39, 0.29) is 11.8 Å². The van der Waals surface area contributed by atoms with Gasteiger partial charge in [-0.1, -0.05) is 58.4 Å². The maximum Gasteiger partial charge on any atom is 0.262 e. The molecule has 1 heterocycles. The van der Waals surface area contributed by atoms with Gasteiger partial charge in [0.2, 0.25) is 5.91 Å². The molecule has 2 amide bonds. The van der Waals surface area contributed by atoms with E-state index in [4.69, 9.17) is 0 Å². The summed E-state index contributed by atoms with van der Waals surface area (Å²) in [5.41, 5.74) is 7.13. The van der Waals surface area contributed by atoms with Gasteiger partial charge < -0.3 is 4.90 Å². The Kier molecular flexibility index (Phi) is 8.62. The Labute approximate surface area is 186 Å². The molecule has 30 heavy (non-hydrogen) atoms. The molecule has 0 bridgehead atoms. The van der Waals surface area contributed by atoms with Crippen LogP contribution in [0.1, 0.15) is 17.5 Å². The summed E-state index contributed by atoms with van der Waals surface area (Å²) in [6, 6.07) is 18.1. The van der Waals surface area contributed by atoms with Gasteiger partial charge in [0.05, 0.1) is 0 Å². The Morgan fingerprint density at radius 1 is 0.933 bits per heavy atom. The van der Waals surface area contributed by atoms with Crippen LogP contribution in [-0.2, 0) is 16.1 Å². The Balaban J connectivity index is 1.30. The van der Waals surface area contributed by atoms with Crippen molar-refractivity contribution in [2.45, 2.75) is 13.0 Å². The smallest absolute Gasteiger partial charge is 0.262 e. The minimum Gasteiger partial charge on any atom is -0.300 e. The Hall–Kier alpha value is -2.48. The summed E-state index contributed by atoms with van der Waals surface area (Å²) in [6.07, 6.45) is 3.45. The van der Waals surface area contributed by atoms with Crippen molar-refractivity contribution in [2.24, 2.45) is 0 Å². The SMILES string of the molecule is O=C(C=Cc1cccc(Br)c1)NNC(=O)CCN1CCN(Cc2ccccc2)CC1. The van der Waals surface area contributed by atoms with E-state index in [1.807, 2.05) is 30.3 Å². The van der Waals surface area contributed by atoms with E-state index in [9.17, 15) is 9.59 Å². The molecule has 0 radical (unpaired) electrons. The number of benzene rings is 2. The molecule has 0 unspecified atom stereocenters. The largest absolute Gasteiger partial charge is 0.300 e. The molecule has 6 nitrogen and oxygen atoms in total. The lowest BCUT2D eigenvalue weighted by molar-refractivity contribution is -0.127. The third-order valence-electron chi connectivity index (χ3n) is 4.97. The summed E-state index contributed by atoms with van der Waals surface area (Å²) < 4.78 is 0.944. The van der Waals surface area contributed by atoms with Gasteiger partial charge in [-0.25, -0.2) is 0 Å². The molecule has 1 aliphatic rings. The molecule has 2 aromatic carbocycles. The fourth-order valence-corrected chi connectivity index (χ4v) is 3.71. The van der Waals surface area contributed by atoms with Crippen molar-refractivity contribution in [3.63, 3.8) is 0 Å². The Morgan fingerprint density at radius 2 is 1.67 bits per heavy atom. The topological polar surface area (TPSA) is 64.7 Å². The van der Waals surface area contributed by atoms with Crippen LogP contribution in [0.2, 0.25) is 0 Å². The average Bonchev–Trinajstić information content (AvgIpc) is 2.76. The van der Waals surface area contributed by atoms with Gasteiger partial charge in [-0.2, -0.15) is 0 Å². The standard InChI is InChI=1S/C23H27BrN4O2/c24-21-8-4-7-19(17-21)9-10-22(29)25-26-23(30)11-12-27-13-15-28(16-14-27)18-20-5-2-1-3-6-20/h1-10,17H,11-16,18H2,(H,25,29)(H,26,30). The molecule has 0 atom stereocenters. The maximum absolute atomic E-state index is 12.0. The normalized spacial score (nSPS) is 15.2. The van der Waals surface area contributed by atoms with Gasteiger partial charge in [0.1, 0.15) is 0 Å². The summed E-state index contributed by atoms with van der Waals surface area (Å²) in [6.45, 7) is 5.54. The van der Waals surface area contributed by atoms with Crippen molar-refractivity contribution in [1.29, 1.82) is 0 Å². The van der Waals surface area contributed by atoms with Crippen LogP contribution in [0.3, 0.4) is 0 Å². The predicted molar refractivity (Wildman–Crippen MR) is 122 cm³/mol. The van der Waals surface area contributed by atoms with Crippen molar-refractivity contribution in [2.75, 3.05) is 32.7 Å². The van der Waals surface area contributed by atoms with Crippen LogP contribution in [0.5, 0.6) is 0 Å². The number of nitrogens with one attached hydrogen (secondary N) is 2. The molecular weight excluding hydrogens is 444 g/mol. The molecule has 0 aromatic heterocycles. The third-order valence-corrected chi connectivity index (χ3v) is 5.46. The molecule has 1 saturated heterocycles. The molecule has 2 aromatic rings. The third kappa shape index (κ3) is 7.74. The zero-order valence-corrected chi connectivity index (χ0v) is 18.5. The number of hydrogen-bond donors (Lipinski definition) is 2. The van der Waals surface area contributed by atoms with E-state index in [0.29, 0.717) is 13.0 Å². The van der Waals surface area contributed by atoms with Crippen LogP contribution >= 0.6 is 15.9 Å². The first-order chi connectivity index (χ1) is 14.6. The minimum absolute atomic E-state index is 0.189. The zero-order chi connectivity index (χ0) is 21.2. The van der Waals surface area contributed by atoms with Gasteiger partial charge in [0.15, 0.2) is 0 Å². The number of carbonyl (C=O) groups excluding carboxylic acids is 2. The molecule has 2 N–H and O–H groups in total. The second-order valence-electron chi connectivity index (χ2n) is 7.28. The lowest BCUT2D eigenvalue weighted by Gasteiger charge is -2.34. The van der Waals surface area contributed by atoms with Crippen molar-refractivity contribution in [3.8, 4) is 0 Å². The number of nitrogens with zero attached hydrogens (tertiary/aromatic N) is 2. The van der Waals surface area contributed by atoms with E-state index in [0.717, 1.165) is 42.8 Å². The molecule has 0 saturated carbocycles. The van der Waals surface area contributed by atoms with Crippen molar-refractivity contribution >= 4 is 33.8 Å². The Morgan fingerprint density at radius 3 is 2.40 bits per heavy atom.